The quantitative estimate of drug-likeness (QED) is 0.659. The summed E-state index contributed by atoms with van der Waals surface area (Å²) in [6.07, 6.45) is 6.36. The summed E-state index contributed by atoms with van der Waals surface area (Å²) in [4.78, 5) is 20.1. The van der Waals surface area contributed by atoms with Gasteiger partial charge in [-0.25, -0.2) is 19.4 Å². The van der Waals surface area contributed by atoms with E-state index in [1.54, 1.807) is 24.7 Å². The van der Waals surface area contributed by atoms with Gasteiger partial charge in [-0.15, -0.1) is 0 Å². The molecule has 0 aliphatic rings. The lowest BCUT2D eigenvalue weighted by Gasteiger charge is -2.09. The zero-order valence-corrected chi connectivity index (χ0v) is 12.8. The van der Waals surface area contributed by atoms with Crippen molar-refractivity contribution in [3.63, 3.8) is 0 Å². The number of aliphatic hydroxyl groups excluding tert-OH is 1. The second-order valence-corrected chi connectivity index (χ2v) is 4.96. The molecule has 0 aliphatic heterocycles. The van der Waals surface area contributed by atoms with Gasteiger partial charge in [0.05, 0.1) is 24.7 Å². The molecule has 0 fully saturated rings. The van der Waals surface area contributed by atoms with Gasteiger partial charge in [-0.2, -0.15) is 5.10 Å². The van der Waals surface area contributed by atoms with Gasteiger partial charge in [0.2, 0.25) is 5.95 Å². The number of nitrogens with one attached hydrogen (secondary N) is 2. The van der Waals surface area contributed by atoms with Crippen molar-refractivity contribution in [1.82, 2.24) is 25.1 Å². The van der Waals surface area contributed by atoms with Gasteiger partial charge in [0.1, 0.15) is 0 Å². The summed E-state index contributed by atoms with van der Waals surface area (Å²) in [7, 11) is 0. The number of aliphatic hydroxyl groups is 1. The Hall–Kier alpha value is -3.26. The number of benzene rings is 1. The lowest BCUT2D eigenvalue weighted by Crippen LogP contribution is -2.28. The first-order valence-electron chi connectivity index (χ1n) is 7.31. The van der Waals surface area contributed by atoms with Crippen LogP contribution in [0, 0.1) is 0 Å². The minimum absolute atomic E-state index is 0.0662. The average Bonchev–Trinajstić information content (AvgIpc) is 3.09. The fourth-order valence-electron chi connectivity index (χ4n) is 2.14. The first-order chi connectivity index (χ1) is 11.8. The Kier molecular flexibility index (Phi) is 4.78. The van der Waals surface area contributed by atoms with Crippen LogP contribution in [0.2, 0.25) is 0 Å². The molecule has 2 heterocycles. The van der Waals surface area contributed by atoms with Crippen molar-refractivity contribution in [2.45, 2.75) is 13.2 Å². The van der Waals surface area contributed by atoms with Gasteiger partial charge in [-0.05, 0) is 17.2 Å². The number of urea groups is 1. The van der Waals surface area contributed by atoms with E-state index in [2.05, 4.69) is 25.7 Å². The number of nitrogens with zero attached hydrogens (tertiary/aromatic N) is 4. The van der Waals surface area contributed by atoms with Crippen molar-refractivity contribution in [3.8, 4) is 5.95 Å². The Labute approximate surface area is 138 Å². The molecule has 3 rings (SSSR count). The van der Waals surface area contributed by atoms with E-state index in [1.165, 1.54) is 10.9 Å². The molecular formula is C16H16N6O2. The van der Waals surface area contributed by atoms with Crippen LogP contribution in [-0.4, -0.2) is 30.9 Å². The summed E-state index contributed by atoms with van der Waals surface area (Å²) in [6.45, 7) is 0.252. The number of carbonyl (C=O) groups excluding carboxylic acids is 1. The predicted octanol–water partition coefficient (Wildman–Crippen LogP) is 1.48. The molecule has 24 heavy (non-hydrogen) atoms. The smallest absolute Gasteiger partial charge is 0.319 e. The molecule has 0 bridgehead atoms. The zero-order chi connectivity index (χ0) is 16.8. The molecule has 0 atom stereocenters. The van der Waals surface area contributed by atoms with Gasteiger partial charge in [0.15, 0.2) is 0 Å². The van der Waals surface area contributed by atoms with Crippen molar-refractivity contribution in [2.24, 2.45) is 0 Å². The van der Waals surface area contributed by atoms with Crippen LogP contribution in [0.1, 0.15) is 11.1 Å². The third-order valence-electron chi connectivity index (χ3n) is 3.33. The van der Waals surface area contributed by atoms with Gasteiger partial charge >= 0.3 is 6.03 Å². The van der Waals surface area contributed by atoms with E-state index in [-0.39, 0.29) is 12.6 Å². The minimum atomic E-state index is -0.365. The maximum absolute atomic E-state index is 12.0. The molecule has 2 amide bonds. The van der Waals surface area contributed by atoms with E-state index in [9.17, 15) is 9.90 Å². The molecule has 0 unspecified atom stereocenters. The fourth-order valence-corrected chi connectivity index (χ4v) is 2.14. The van der Waals surface area contributed by atoms with Crippen LogP contribution >= 0.6 is 0 Å². The number of carbonyl (C=O) groups is 1. The minimum Gasteiger partial charge on any atom is -0.392 e. The van der Waals surface area contributed by atoms with E-state index in [0.29, 0.717) is 18.2 Å². The summed E-state index contributed by atoms with van der Waals surface area (Å²) in [5, 5.41) is 18.8. The Balaban J connectivity index is 1.58. The highest BCUT2D eigenvalue weighted by atomic mass is 16.3. The van der Waals surface area contributed by atoms with Crippen LogP contribution in [0.3, 0.4) is 0 Å². The fraction of sp³-hybridized carbons (Fsp3) is 0.125. The summed E-state index contributed by atoms with van der Waals surface area (Å²) in [5.41, 5.74) is 2.17. The largest absolute Gasteiger partial charge is 0.392 e. The normalized spacial score (nSPS) is 10.4. The Morgan fingerprint density at radius 1 is 1.12 bits per heavy atom. The second-order valence-electron chi connectivity index (χ2n) is 4.96. The van der Waals surface area contributed by atoms with Crippen molar-refractivity contribution in [1.29, 1.82) is 0 Å². The Morgan fingerprint density at radius 3 is 2.62 bits per heavy atom. The molecule has 122 valence electrons. The average molecular weight is 324 g/mol. The first-order valence-corrected chi connectivity index (χ1v) is 7.31. The highest BCUT2D eigenvalue weighted by Gasteiger charge is 2.07. The van der Waals surface area contributed by atoms with Crippen LogP contribution in [0.25, 0.3) is 5.95 Å². The molecule has 0 radical (unpaired) electrons. The SMILES string of the molecule is O=C(NCc1ccccc1CO)Nc1cnn(-c2ncccn2)c1. The topological polar surface area (TPSA) is 105 Å². The summed E-state index contributed by atoms with van der Waals surface area (Å²) in [5.74, 6) is 0.419. The van der Waals surface area contributed by atoms with E-state index < -0.39 is 0 Å². The lowest BCUT2D eigenvalue weighted by molar-refractivity contribution is 0.251. The maximum Gasteiger partial charge on any atom is 0.319 e. The number of rotatable bonds is 5. The molecule has 0 spiro atoms. The van der Waals surface area contributed by atoms with Crippen LogP contribution < -0.4 is 10.6 Å². The zero-order valence-electron chi connectivity index (χ0n) is 12.8. The number of aromatic nitrogens is 4. The van der Waals surface area contributed by atoms with Gasteiger partial charge < -0.3 is 15.7 Å². The molecular weight excluding hydrogens is 308 g/mol. The van der Waals surface area contributed by atoms with Crippen LogP contribution in [0.5, 0.6) is 0 Å². The standard InChI is InChI=1S/C16H16N6O2/c23-11-13-5-2-1-4-12(13)8-19-16(24)21-14-9-20-22(10-14)15-17-6-3-7-18-15/h1-7,9-10,23H,8,11H2,(H2,19,21,24). The van der Waals surface area contributed by atoms with E-state index in [1.807, 2.05) is 24.3 Å². The van der Waals surface area contributed by atoms with E-state index >= 15 is 0 Å². The molecule has 1 aromatic carbocycles. The number of hydrogen-bond donors (Lipinski definition) is 3. The predicted molar refractivity (Wildman–Crippen MR) is 87.4 cm³/mol. The molecule has 0 saturated carbocycles. The van der Waals surface area contributed by atoms with Crippen LogP contribution in [-0.2, 0) is 13.2 Å². The molecule has 8 heteroatoms. The first kappa shape index (κ1) is 15.6. The molecule has 3 aromatic rings. The number of amides is 2. The molecule has 8 nitrogen and oxygen atoms in total. The van der Waals surface area contributed by atoms with Gasteiger partial charge in [0.25, 0.3) is 0 Å². The molecule has 2 aromatic heterocycles. The highest BCUT2D eigenvalue weighted by molar-refractivity contribution is 5.88. The Bertz CT molecular complexity index is 818. The van der Waals surface area contributed by atoms with Crippen molar-refractivity contribution in [3.05, 3.63) is 66.2 Å². The monoisotopic (exact) mass is 324 g/mol. The highest BCUT2D eigenvalue weighted by Crippen LogP contribution is 2.10. The summed E-state index contributed by atoms with van der Waals surface area (Å²) in [6, 6.07) is 8.73. The second kappa shape index (κ2) is 7.34. The summed E-state index contributed by atoms with van der Waals surface area (Å²) >= 11 is 0. The molecule has 0 aliphatic carbocycles. The van der Waals surface area contributed by atoms with Gasteiger partial charge in [-0.3, -0.25) is 0 Å². The van der Waals surface area contributed by atoms with Crippen molar-refractivity contribution >= 4 is 11.7 Å². The van der Waals surface area contributed by atoms with Crippen LogP contribution in [0.15, 0.2) is 55.1 Å². The van der Waals surface area contributed by atoms with Crippen molar-refractivity contribution in [2.75, 3.05) is 5.32 Å². The van der Waals surface area contributed by atoms with Crippen molar-refractivity contribution < 1.29 is 9.90 Å². The Morgan fingerprint density at radius 2 is 1.88 bits per heavy atom. The van der Waals surface area contributed by atoms with Crippen LogP contribution in [0.4, 0.5) is 10.5 Å². The number of hydrogen-bond acceptors (Lipinski definition) is 5. The van der Waals surface area contributed by atoms with E-state index in [4.69, 9.17) is 0 Å². The number of anilines is 1. The summed E-state index contributed by atoms with van der Waals surface area (Å²) < 4.78 is 1.47. The van der Waals surface area contributed by atoms with Gasteiger partial charge in [-0.1, -0.05) is 24.3 Å². The third kappa shape index (κ3) is 3.73. The maximum atomic E-state index is 12.0. The van der Waals surface area contributed by atoms with E-state index in [0.717, 1.165) is 11.1 Å². The lowest BCUT2D eigenvalue weighted by atomic mass is 10.1. The third-order valence-corrected chi connectivity index (χ3v) is 3.33. The molecule has 3 N–H and O–H groups in total. The van der Waals surface area contributed by atoms with Gasteiger partial charge in [0, 0.05) is 18.9 Å². The molecule has 0 saturated heterocycles.